The van der Waals surface area contributed by atoms with Crippen LogP contribution in [0.4, 0.5) is 0 Å². The van der Waals surface area contributed by atoms with Gasteiger partial charge in [0.15, 0.2) is 0 Å². The first-order valence-corrected chi connectivity index (χ1v) is 14.6. The summed E-state index contributed by atoms with van der Waals surface area (Å²) < 4.78 is 1.17. The van der Waals surface area contributed by atoms with Crippen LogP contribution in [0.1, 0.15) is 143 Å². The van der Waals surface area contributed by atoms with Crippen molar-refractivity contribution in [2.75, 3.05) is 18.8 Å². The highest BCUT2D eigenvalue weighted by Crippen LogP contribution is 2.16. The van der Waals surface area contributed by atoms with E-state index in [1.165, 1.54) is 145 Å². The minimum Gasteiger partial charge on any atom is -0.358 e. The molecular formula is C26H53NS2. The van der Waals surface area contributed by atoms with Gasteiger partial charge in [0.2, 0.25) is 0 Å². The fraction of sp³-hybridized carbons (Fsp3) is 0.962. The maximum absolute atomic E-state index is 5.81. The summed E-state index contributed by atoms with van der Waals surface area (Å²) in [6.45, 7) is 9.24. The zero-order chi connectivity index (χ0) is 21.4. The molecule has 3 heteroatoms. The predicted octanol–water partition coefficient (Wildman–Crippen LogP) is 9.78. The molecule has 0 aliphatic heterocycles. The first-order valence-electron chi connectivity index (χ1n) is 13.2. The first kappa shape index (κ1) is 29.2. The molecule has 0 amide bonds. The van der Waals surface area contributed by atoms with Crippen molar-refractivity contribution in [1.82, 2.24) is 4.90 Å². The van der Waals surface area contributed by atoms with E-state index >= 15 is 0 Å². The van der Waals surface area contributed by atoms with Crippen LogP contribution in [0.25, 0.3) is 0 Å². The molecule has 0 saturated carbocycles. The van der Waals surface area contributed by atoms with Crippen LogP contribution in [0.5, 0.6) is 0 Å². The predicted molar refractivity (Wildman–Crippen MR) is 141 cm³/mol. The standard InChI is InChI=1S/C26H53NS2/c1-4-7-10-12-14-16-18-20-23-27(26(28)29-25-22-9-6-3)24-21-19-17-15-13-11-8-5-2/h4-25H2,1-3H3. The summed E-state index contributed by atoms with van der Waals surface area (Å²) in [4.78, 5) is 2.54. The van der Waals surface area contributed by atoms with Gasteiger partial charge in [0.1, 0.15) is 4.32 Å². The van der Waals surface area contributed by atoms with E-state index in [1.54, 1.807) is 0 Å². The van der Waals surface area contributed by atoms with Crippen molar-refractivity contribution in [3.05, 3.63) is 0 Å². The quantitative estimate of drug-likeness (QED) is 0.121. The van der Waals surface area contributed by atoms with Gasteiger partial charge in [-0.3, -0.25) is 0 Å². The second-order valence-corrected chi connectivity index (χ2v) is 10.5. The highest BCUT2D eigenvalue weighted by molar-refractivity contribution is 8.22. The Bertz CT molecular complexity index is 313. The van der Waals surface area contributed by atoms with E-state index in [-0.39, 0.29) is 0 Å². The Hall–Kier alpha value is 0.240. The molecule has 0 radical (unpaired) electrons. The van der Waals surface area contributed by atoms with Crippen LogP contribution in [-0.2, 0) is 0 Å². The van der Waals surface area contributed by atoms with E-state index in [2.05, 4.69) is 25.7 Å². The minimum absolute atomic E-state index is 1.17. The number of unbranched alkanes of at least 4 members (excludes halogenated alkanes) is 16. The van der Waals surface area contributed by atoms with Crippen LogP contribution in [-0.4, -0.2) is 28.1 Å². The molecule has 174 valence electrons. The van der Waals surface area contributed by atoms with Crippen molar-refractivity contribution in [2.24, 2.45) is 0 Å². The van der Waals surface area contributed by atoms with Gasteiger partial charge in [0, 0.05) is 18.8 Å². The Kier molecular flexibility index (Phi) is 24.7. The molecule has 0 aromatic rings. The normalized spacial score (nSPS) is 11.1. The number of nitrogens with zero attached hydrogens (tertiary/aromatic N) is 1. The summed E-state index contributed by atoms with van der Waals surface area (Å²) in [6.07, 6.45) is 26.3. The van der Waals surface area contributed by atoms with Crippen LogP contribution in [0.3, 0.4) is 0 Å². The second kappa shape index (κ2) is 24.5. The van der Waals surface area contributed by atoms with Crippen molar-refractivity contribution in [1.29, 1.82) is 0 Å². The van der Waals surface area contributed by atoms with E-state index < -0.39 is 0 Å². The topological polar surface area (TPSA) is 3.24 Å². The SMILES string of the molecule is CCCCCCCCCCN(CCCCCCCCCC)C(=S)SCCCCC. The van der Waals surface area contributed by atoms with Crippen LogP contribution in [0, 0.1) is 0 Å². The Morgan fingerprint density at radius 1 is 0.517 bits per heavy atom. The Morgan fingerprint density at radius 2 is 0.862 bits per heavy atom. The number of hydrogen-bond donors (Lipinski definition) is 0. The molecule has 0 heterocycles. The Balaban J connectivity index is 3.98. The van der Waals surface area contributed by atoms with E-state index in [9.17, 15) is 0 Å². The first-order chi connectivity index (χ1) is 14.3. The average Bonchev–Trinajstić information content (AvgIpc) is 2.73. The number of hydrogen-bond acceptors (Lipinski definition) is 2. The number of thiocarbonyl (C=S) groups is 1. The Labute approximate surface area is 194 Å². The average molecular weight is 444 g/mol. The maximum Gasteiger partial charge on any atom is 0.136 e. The molecule has 29 heavy (non-hydrogen) atoms. The Morgan fingerprint density at radius 3 is 1.28 bits per heavy atom. The smallest absolute Gasteiger partial charge is 0.136 e. The molecule has 0 aromatic carbocycles. The minimum atomic E-state index is 1.17. The summed E-state index contributed by atoms with van der Waals surface area (Å²) in [5.41, 5.74) is 0. The van der Waals surface area contributed by atoms with Gasteiger partial charge in [-0.25, -0.2) is 0 Å². The molecular weight excluding hydrogens is 390 g/mol. The molecule has 0 rings (SSSR count). The fourth-order valence-corrected chi connectivity index (χ4v) is 5.09. The van der Waals surface area contributed by atoms with Crippen molar-refractivity contribution in [3.63, 3.8) is 0 Å². The largest absolute Gasteiger partial charge is 0.358 e. The van der Waals surface area contributed by atoms with Crippen molar-refractivity contribution in [2.45, 2.75) is 143 Å². The lowest BCUT2D eigenvalue weighted by molar-refractivity contribution is 0.394. The molecule has 0 bridgehead atoms. The molecule has 0 aliphatic rings. The lowest BCUT2D eigenvalue weighted by Crippen LogP contribution is -2.30. The molecule has 0 spiro atoms. The summed E-state index contributed by atoms with van der Waals surface area (Å²) in [5.74, 6) is 1.21. The summed E-state index contributed by atoms with van der Waals surface area (Å²) in [7, 11) is 0. The van der Waals surface area contributed by atoms with Crippen LogP contribution < -0.4 is 0 Å². The molecule has 1 nitrogen and oxygen atoms in total. The maximum atomic E-state index is 5.81. The summed E-state index contributed by atoms with van der Waals surface area (Å²) >= 11 is 7.75. The molecule has 0 fully saturated rings. The van der Waals surface area contributed by atoms with Gasteiger partial charge in [-0.1, -0.05) is 147 Å². The van der Waals surface area contributed by atoms with Gasteiger partial charge >= 0.3 is 0 Å². The van der Waals surface area contributed by atoms with Gasteiger partial charge in [-0.2, -0.15) is 0 Å². The van der Waals surface area contributed by atoms with Crippen molar-refractivity contribution < 1.29 is 0 Å². The van der Waals surface area contributed by atoms with Crippen LogP contribution in [0.15, 0.2) is 0 Å². The molecule has 0 saturated heterocycles. The van der Waals surface area contributed by atoms with Gasteiger partial charge in [-0.05, 0) is 19.3 Å². The molecule has 0 unspecified atom stereocenters. The fourth-order valence-electron chi connectivity index (χ4n) is 3.77. The highest BCUT2D eigenvalue weighted by atomic mass is 32.2. The van der Waals surface area contributed by atoms with Gasteiger partial charge in [0.25, 0.3) is 0 Å². The van der Waals surface area contributed by atoms with Crippen molar-refractivity contribution in [3.8, 4) is 0 Å². The molecule has 0 atom stereocenters. The third kappa shape index (κ3) is 21.3. The second-order valence-electron chi connectivity index (χ2n) is 8.76. The van der Waals surface area contributed by atoms with E-state index in [4.69, 9.17) is 12.2 Å². The zero-order valence-electron chi connectivity index (χ0n) is 20.3. The zero-order valence-corrected chi connectivity index (χ0v) is 22.0. The molecule has 0 aliphatic carbocycles. The highest BCUT2D eigenvalue weighted by Gasteiger charge is 2.10. The lowest BCUT2D eigenvalue weighted by Gasteiger charge is -2.25. The summed E-state index contributed by atoms with van der Waals surface area (Å²) in [5, 5.41) is 0. The van der Waals surface area contributed by atoms with E-state index in [0.717, 1.165) is 0 Å². The third-order valence-electron chi connectivity index (χ3n) is 5.79. The van der Waals surface area contributed by atoms with Crippen LogP contribution >= 0.6 is 24.0 Å². The lowest BCUT2D eigenvalue weighted by atomic mass is 10.1. The molecule has 0 N–H and O–H groups in total. The summed E-state index contributed by atoms with van der Waals surface area (Å²) in [6, 6.07) is 0. The van der Waals surface area contributed by atoms with Crippen molar-refractivity contribution >= 4 is 28.3 Å². The van der Waals surface area contributed by atoms with Gasteiger partial charge in [0.05, 0.1) is 0 Å². The molecule has 0 aromatic heterocycles. The third-order valence-corrected chi connectivity index (χ3v) is 7.40. The number of rotatable bonds is 22. The van der Waals surface area contributed by atoms with E-state index in [0.29, 0.717) is 0 Å². The van der Waals surface area contributed by atoms with Gasteiger partial charge < -0.3 is 4.90 Å². The monoisotopic (exact) mass is 443 g/mol. The van der Waals surface area contributed by atoms with Crippen LogP contribution in [0.2, 0.25) is 0 Å². The number of thioether (sulfide) groups is 1. The van der Waals surface area contributed by atoms with E-state index in [1.807, 2.05) is 11.8 Å². The van der Waals surface area contributed by atoms with Gasteiger partial charge in [-0.15, -0.1) is 0 Å².